The molecular formula is C20H26N2O3. The maximum absolute atomic E-state index is 12.3. The molecule has 0 spiro atoms. The average molecular weight is 342 g/mol. The van der Waals surface area contributed by atoms with Crippen LogP contribution >= 0.6 is 0 Å². The first-order valence-electron chi connectivity index (χ1n) is 8.90. The molecule has 0 aliphatic carbocycles. The van der Waals surface area contributed by atoms with Crippen LogP contribution in [0, 0.1) is 23.2 Å². The van der Waals surface area contributed by atoms with Crippen molar-refractivity contribution in [3.63, 3.8) is 0 Å². The summed E-state index contributed by atoms with van der Waals surface area (Å²) in [6.45, 7) is 4.04. The van der Waals surface area contributed by atoms with Crippen LogP contribution in [-0.2, 0) is 16.0 Å². The molecule has 0 amide bonds. The van der Waals surface area contributed by atoms with Crippen molar-refractivity contribution < 1.29 is 14.7 Å². The number of likely N-dealkylation sites (tertiary alicyclic amines) is 1. The molecular weight excluding hydrogens is 316 g/mol. The number of hydrogen-bond donors (Lipinski definition) is 1. The number of carboxylic acids is 1. The molecule has 25 heavy (non-hydrogen) atoms. The van der Waals surface area contributed by atoms with Gasteiger partial charge in [-0.05, 0) is 31.7 Å². The average Bonchev–Trinajstić information content (AvgIpc) is 3.03. The molecule has 1 fully saturated rings. The van der Waals surface area contributed by atoms with Gasteiger partial charge in [0.1, 0.15) is 11.8 Å². The van der Waals surface area contributed by atoms with Gasteiger partial charge in [0.05, 0.1) is 12.0 Å². The van der Waals surface area contributed by atoms with Crippen molar-refractivity contribution >= 4 is 11.8 Å². The Bertz CT molecular complexity index is 638. The van der Waals surface area contributed by atoms with Gasteiger partial charge in [-0.2, -0.15) is 5.26 Å². The standard InChI is InChI=1S/C20H26N2O3/c1-3-7-17(14(2)23)18(10-15-8-5-4-6-9-15)22-13-16(12-21)11-19(22)20(24)25/h4-6,8-9,16-19H,3,7,10-11,13H2,1-2H3,(H,24,25)/t16-,17-,18+,19?/m0/s1. The van der Waals surface area contributed by atoms with Crippen LogP contribution in [0.3, 0.4) is 0 Å². The first kappa shape index (κ1) is 19.1. The number of ketones is 1. The summed E-state index contributed by atoms with van der Waals surface area (Å²) in [5.41, 5.74) is 1.08. The third-order valence-electron chi connectivity index (χ3n) is 5.11. The number of rotatable bonds is 8. The van der Waals surface area contributed by atoms with E-state index in [1.807, 2.05) is 42.2 Å². The van der Waals surface area contributed by atoms with E-state index in [2.05, 4.69) is 6.07 Å². The number of Topliss-reactive ketones (excluding diaryl/α,β-unsaturated/α-hetero) is 1. The lowest BCUT2D eigenvalue weighted by Gasteiger charge is -2.36. The van der Waals surface area contributed by atoms with Gasteiger partial charge in [0.15, 0.2) is 0 Å². The molecule has 1 aliphatic rings. The minimum atomic E-state index is -0.908. The van der Waals surface area contributed by atoms with Crippen molar-refractivity contribution in [2.75, 3.05) is 6.54 Å². The van der Waals surface area contributed by atoms with E-state index in [4.69, 9.17) is 0 Å². The molecule has 1 N–H and O–H groups in total. The van der Waals surface area contributed by atoms with Crippen molar-refractivity contribution in [2.45, 2.75) is 51.6 Å². The Morgan fingerprint density at radius 2 is 2.04 bits per heavy atom. The smallest absolute Gasteiger partial charge is 0.320 e. The number of benzene rings is 1. The van der Waals surface area contributed by atoms with E-state index in [1.54, 1.807) is 6.92 Å². The Morgan fingerprint density at radius 3 is 2.56 bits per heavy atom. The molecule has 5 heteroatoms. The van der Waals surface area contributed by atoms with E-state index in [0.717, 1.165) is 18.4 Å². The number of nitriles is 1. The van der Waals surface area contributed by atoms with E-state index in [1.165, 1.54) is 0 Å². The number of hydrogen-bond acceptors (Lipinski definition) is 4. The summed E-state index contributed by atoms with van der Waals surface area (Å²) in [5.74, 6) is -1.33. The fraction of sp³-hybridized carbons (Fsp3) is 0.550. The van der Waals surface area contributed by atoms with Crippen LogP contribution < -0.4 is 0 Å². The highest BCUT2D eigenvalue weighted by Crippen LogP contribution is 2.31. The molecule has 1 aromatic rings. The molecule has 1 unspecified atom stereocenters. The lowest BCUT2D eigenvalue weighted by molar-refractivity contribution is -0.144. The highest BCUT2D eigenvalue weighted by atomic mass is 16.4. The summed E-state index contributed by atoms with van der Waals surface area (Å²) < 4.78 is 0. The SMILES string of the molecule is CCC[C@@H](C(C)=O)[C@@H](Cc1ccccc1)N1C[C@H](C#N)CC1C(=O)O. The van der Waals surface area contributed by atoms with Crippen LogP contribution in [0.25, 0.3) is 0 Å². The maximum Gasteiger partial charge on any atom is 0.320 e. The zero-order valence-electron chi connectivity index (χ0n) is 14.9. The Morgan fingerprint density at radius 1 is 1.36 bits per heavy atom. The van der Waals surface area contributed by atoms with Gasteiger partial charge in [-0.3, -0.25) is 14.5 Å². The first-order chi connectivity index (χ1) is 12.0. The fourth-order valence-corrected chi connectivity index (χ4v) is 3.89. The Labute approximate surface area is 149 Å². The molecule has 0 aromatic heterocycles. The minimum absolute atomic E-state index is 0.0901. The number of carbonyl (C=O) groups is 2. The molecule has 2 rings (SSSR count). The summed E-state index contributed by atoms with van der Waals surface area (Å²) >= 11 is 0. The highest BCUT2D eigenvalue weighted by Gasteiger charge is 2.43. The number of carboxylic acid groups (broad SMARTS) is 1. The third kappa shape index (κ3) is 4.67. The maximum atomic E-state index is 12.3. The molecule has 1 heterocycles. The number of carbonyl (C=O) groups excluding carboxylic acids is 1. The molecule has 0 radical (unpaired) electrons. The van der Waals surface area contributed by atoms with Crippen molar-refractivity contribution in [1.82, 2.24) is 4.90 Å². The lowest BCUT2D eigenvalue weighted by Crippen LogP contribution is -2.49. The van der Waals surface area contributed by atoms with Gasteiger partial charge < -0.3 is 5.11 Å². The predicted octanol–water partition coefficient (Wildman–Crippen LogP) is 2.90. The van der Waals surface area contributed by atoms with Crippen molar-refractivity contribution in [3.8, 4) is 6.07 Å². The van der Waals surface area contributed by atoms with E-state index >= 15 is 0 Å². The second-order valence-electron chi connectivity index (χ2n) is 6.88. The van der Waals surface area contributed by atoms with E-state index in [9.17, 15) is 20.0 Å². The van der Waals surface area contributed by atoms with Gasteiger partial charge in [0, 0.05) is 18.5 Å². The summed E-state index contributed by atoms with van der Waals surface area (Å²) in [6, 6.07) is 11.2. The zero-order valence-corrected chi connectivity index (χ0v) is 14.9. The lowest BCUT2D eigenvalue weighted by atomic mass is 9.85. The van der Waals surface area contributed by atoms with E-state index < -0.39 is 12.0 Å². The Hall–Kier alpha value is -2.19. The monoisotopic (exact) mass is 342 g/mol. The quantitative estimate of drug-likeness (QED) is 0.785. The minimum Gasteiger partial charge on any atom is -0.480 e. The van der Waals surface area contributed by atoms with Gasteiger partial charge in [-0.15, -0.1) is 0 Å². The van der Waals surface area contributed by atoms with Crippen LogP contribution in [-0.4, -0.2) is 40.4 Å². The second-order valence-corrected chi connectivity index (χ2v) is 6.88. The number of aliphatic carboxylic acids is 1. The van der Waals surface area contributed by atoms with Crippen LogP contribution in [0.5, 0.6) is 0 Å². The molecule has 0 saturated carbocycles. The summed E-state index contributed by atoms with van der Waals surface area (Å²) in [6.07, 6.45) is 2.54. The Kier molecular flexibility index (Phi) is 6.72. The summed E-state index contributed by atoms with van der Waals surface area (Å²) in [7, 11) is 0. The summed E-state index contributed by atoms with van der Waals surface area (Å²) in [5, 5.41) is 18.9. The van der Waals surface area contributed by atoms with Crippen LogP contribution in [0.2, 0.25) is 0 Å². The van der Waals surface area contributed by atoms with Gasteiger partial charge >= 0.3 is 5.97 Å². The molecule has 1 saturated heterocycles. The van der Waals surface area contributed by atoms with E-state index in [0.29, 0.717) is 19.4 Å². The zero-order chi connectivity index (χ0) is 18.4. The van der Waals surface area contributed by atoms with Gasteiger partial charge in [-0.1, -0.05) is 43.7 Å². The van der Waals surface area contributed by atoms with Crippen molar-refractivity contribution in [1.29, 1.82) is 5.26 Å². The number of nitrogens with zero attached hydrogens (tertiary/aromatic N) is 2. The fourth-order valence-electron chi connectivity index (χ4n) is 3.89. The molecule has 5 nitrogen and oxygen atoms in total. The molecule has 4 atom stereocenters. The van der Waals surface area contributed by atoms with Crippen LogP contribution in [0.4, 0.5) is 0 Å². The highest BCUT2D eigenvalue weighted by molar-refractivity contribution is 5.79. The largest absolute Gasteiger partial charge is 0.480 e. The Balaban J connectivity index is 2.36. The normalized spacial score (nSPS) is 22.9. The molecule has 0 bridgehead atoms. The molecule has 1 aliphatic heterocycles. The second kappa shape index (κ2) is 8.77. The van der Waals surface area contributed by atoms with Gasteiger partial charge in [0.2, 0.25) is 0 Å². The van der Waals surface area contributed by atoms with Gasteiger partial charge in [0.25, 0.3) is 0 Å². The van der Waals surface area contributed by atoms with Crippen LogP contribution in [0.1, 0.15) is 38.7 Å². The topological polar surface area (TPSA) is 81.4 Å². The third-order valence-corrected chi connectivity index (χ3v) is 5.11. The van der Waals surface area contributed by atoms with E-state index in [-0.39, 0.29) is 23.7 Å². The first-order valence-corrected chi connectivity index (χ1v) is 8.90. The van der Waals surface area contributed by atoms with Crippen molar-refractivity contribution in [2.24, 2.45) is 11.8 Å². The molecule has 1 aromatic carbocycles. The predicted molar refractivity (Wildman–Crippen MR) is 94.9 cm³/mol. The van der Waals surface area contributed by atoms with Crippen molar-refractivity contribution in [3.05, 3.63) is 35.9 Å². The molecule has 134 valence electrons. The van der Waals surface area contributed by atoms with Crippen LogP contribution in [0.15, 0.2) is 30.3 Å². The summed E-state index contributed by atoms with van der Waals surface area (Å²) in [4.78, 5) is 25.9. The van der Waals surface area contributed by atoms with Gasteiger partial charge in [-0.25, -0.2) is 0 Å².